The number of fused-ring (bicyclic) bond motifs is 1. The van der Waals surface area contributed by atoms with Crippen molar-refractivity contribution >= 4 is 41.7 Å². The molecule has 1 fully saturated rings. The van der Waals surface area contributed by atoms with Gasteiger partial charge in [-0.05, 0) is 89.1 Å². The number of hydrogen-bond acceptors (Lipinski definition) is 10. The highest BCUT2D eigenvalue weighted by molar-refractivity contribution is 7.53. The summed E-state index contributed by atoms with van der Waals surface area (Å²) in [5.41, 5.74) is -0.290. The van der Waals surface area contributed by atoms with Crippen LogP contribution in [-0.2, 0) is 23.2 Å². The lowest BCUT2D eigenvalue weighted by Gasteiger charge is -2.29. The van der Waals surface area contributed by atoms with E-state index in [1.54, 1.807) is 32.0 Å². The van der Waals surface area contributed by atoms with Gasteiger partial charge in [0, 0.05) is 47.7 Å². The third kappa shape index (κ3) is 9.23. The lowest BCUT2D eigenvalue weighted by Crippen LogP contribution is -2.36. The third-order valence-corrected chi connectivity index (χ3v) is 10.5. The van der Waals surface area contributed by atoms with E-state index >= 15 is 4.39 Å². The lowest BCUT2D eigenvalue weighted by molar-refractivity contribution is -0.131. The van der Waals surface area contributed by atoms with Crippen LogP contribution in [0, 0.1) is 17.0 Å². The van der Waals surface area contributed by atoms with Crippen LogP contribution >= 0.6 is 7.60 Å². The normalized spacial score (nSPS) is 13.6. The second-order valence-corrected chi connectivity index (χ2v) is 14.4. The van der Waals surface area contributed by atoms with Gasteiger partial charge in [-0.3, -0.25) is 24.0 Å². The van der Waals surface area contributed by atoms with Gasteiger partial charge in [-0.15, -0.1) is 0 Å². The molecule has 1 aliphatic carbocycles. The molecule has 0 saturated heterocycles. The SMILES string of the molecule is CCOP(=O)(CN(CCOc1cc2c(Oc3ccc(NC(=O)C4(C(=O)Nc5ccc(F)cc5)CC4)cc3F)ccnc2cc1OC)C(C)C)OCC. The van der Waals surface area contributed by atoms with Crippen LogP contribution in [0.4, 0.5) is 20.2 Å². The number of nitrogens with zero attached hydrogens (tertiary/aromatic N) is 2. The quantitative estimate of drug-likeness (QED) is 0.0763. The number of rotatable bonds is 18. The number of benzene rings is 3. The van der Waals surface area contributed by atoms with Crippen molar-refractivity contribution in [1.82, 2.24) is 9.88 Å². The molecule has 1 saturated carbocycles. The van der Waals surface area contributed by atoms with Crippen molar-refractivity contribution < 1.29 is 46.2 Å². The molecule has 0 radical (unpaired) electrons. The Morgan fingerprint density at radius 2 is 1.54 bits per heavy atom. The Labute approximate surface area is 301 Å². The van der Waals surface area contributed by atoms with Gasteiger partial charge >= 0.3 is 7.60 Å². The Hall–Kier alpha value is -4.62. The molecule has 0 atom stereocenters. The topological polar surface area (TPSA) is 138 Å². The third-order valence-electron chi connectivity index (χ3n) is 8.49. The Morgan fingerprint density at radius 1 is 0.885 bits per heavy atom. The van der Waals surface area contributed by atoms with Gasteiger partial charge in [0.15, 0.2) is 23.1 Å². The molecule has 0 spiro atoms. The molecule has 1 aliphatic rings. The minimum atomic E-state index is -3.32. The number of anilines is 2. The Kier molecular flexibility index (Phi) is 12.5. The first-order chi connectivity index (χ1) is 24.9. The number of carbonyl (C=O) groups is 2. The Morgan fingerprint density at radius 3 is 2.13 bits per heavy atom. The fourth-order valence-electron chi connectivity index (χ4n) is 5.49. The van der Waals surface area contributed by atoms with Crippen molar-refractivity contribution in [2.75, 3.05) is 50.4 Å². The number of pyridine rings is 1. The van der Waals surface area contributed by atoms with Gasteiger partial charge in [-0.25, -0.2) is 8.78 Å². The maximum atomic E-state index is 15.4. The van der Waals surface area contributed by atoms with Gasteiger partial charge in [0.2, 0.25) is 11.8 Å². The maximum absolute atomic E-state index is 15.4. The summed E-state index contributed by atoms with van der Waals surface area (Å²) in [5, 5.41) is 5.80. The van der Waals surface area contributed by atoms with Crippen LogP contribution in [0.1, 0.15) is 40.5 Å². The van der Waals surface area contributed by atoms with Crippen LogP contribution < -0.4 is 24.8 Å². The molecule has 4 aromatic rings. The van der Waals surface area contributed by atoms with Crippen molar-refractivity contribution in [3.63, 3.8) is 0 Å². The van der Waals surface area contributed by atoms with Gasteiger partial charge in [0.1, 0.15) is 29.9 Å². The standard InChI is InChI=1S/C37H43F2N4O8P/c1-6-49-52(46,50-7-2)23-43(24(3)4)18-19-48-34-21-28-30(22-33(34)47-5)40-17-14-31(28)51-32-13-12-27(20-29(32)39)42-36(45)37(15-16-37)35(44)41-26-10-8-25(38)9-11-26/h8-14,17,20-22,24H,6-7,15-16,18-19,23H2,1-5H3,(H,41,44)(H,42,45). The first-order valence-corrected chi connectivity index (χ1v) is 18.7. The van der Waals surface area contributed by atoms with E-state index in [4.69, 9.17) is 23.3 Å². The summed E-state index contributed by atoms with van der Waals surface area (Å²) < 4.78 is 70.5. The van der Waals surface area contributed by atoms with E-state index in [0.29, 0.717) is 53.2 Å². The molecule has 0 unspecified atom stereocenters. The van der Waals surface area contributed by atoms with Crippen LogP contribution in [0.5, 0.6) is 23.0 Å². The molecule has 0 bridgehead atoms. The molecular formula is C37H43F2N4O8P. The summed E-state index contributed by atoms with van der Waals surface area (Å²) >= 11 is 0. The van der Waals surface area contributed by atoms with Gasteiger partial charge in [0.25, 0.3) is 0 Å². The minimum absolute atomic E-state index is 0.0253. The predicted octanol–water partition coefficient (Wildman–Crippen LogP) is 7.98. The molecule has 2 N–H and O–H groups in total. The molecule has 1 heterocycles. The second-order valence-electron chi connectivity index (χ2n) is 12.4. The van der Waals surface area contributed by atoms with Gasteiger partial charge in [-0.1, -0.05) is 0 Å². The zero-order valence-corrected chi connectivity index (χ0v) is 30.6. The first kappa shape index (κ1) is 38.6. The highest BCUT2D eigenvalue weighted by Crippen LogP contribution is 2.49. The van der Waals surface area contributed by atoms with Crippen molar-refractivity contribution in [2.45, 2.75) is 46.6 Å². The van der Waals surface area contributed by atoms with Crippen molar-refractivity contribution in [3.05, 3.63) is 78.5 Å². The Balaban J connectivity index is 1.27. The monoisotopic (exact) mass is 740 g/mol. The molecule has 0 aliphatic heterocycles. The number of aromatic nitrogens is 1. The second kappa shape index (κ2) is 16.8. The van der Waals surface area contributed by atoms with E-state index in [0.717, 1.165) is 6.07 Å². The van der Waals surface area contributed by atoms with Crippen molar-refractivity contribution in [3.8, 4) is 23.0 Å². The molecule has 2 amide bonds. The average molecular weight is 741 g/mol. The van der Waals surface area contributed by atoms with Crippen LogP contribution in [0.2, 0.25) is 0 Å². The zero-order valence-electron chi connectivity index (χ0n) is 29.7. The predicted molar refractivity (Wildman–Crippen MR) is 193 cm³/mol. The average Bonchev–Trinajstić information content (AvgIpc) is 3.93. The van der Waals surface area contributed by atoms with Crippen molar-refractivity contribution in [1.29, 1.82) is 0 Å². The fourth-order valence-corrected chi connectivity index (χ4v) is 7.42. The fraction of sp³-hybridized carbons (Fsp3) is 0.378. The number of methoxy groups -OCH3 is 1. The maximum Gasteiger partial charge on any atom is 0.344 e. The summed E-state index contributed by atoms with van der Waals surface area (Å²) in [6.07, 6.45) is 2.27. The Bertz CT molecular complexity index is 1930. The molecule has 3 aromatic carbocycles. The highest BCUT2D eigenvalue weighted by atomic mass is 31.2. The van der Waals surface area contributed by atoms with E-state index in [-0.39, 0.29) is 43.6 Å². The number of nitrogens with one attached hydrogen (secondary N) is 2. The minimum Gasteiger partial charge on any atom is -0.493 e. The number of ether oxygens (including phenoxy) is 3. The van der Waals surface area contributed by atoms with Gasteiger partial charge in [-0.2, -0.15) is 0 Å². The summed E-state index contributed by atoms with van der Waals surface area (Å²) in [6, 6.07) is 14.2. The smallest absolute Gasteiger partial charge is 0.344 e. The van der Waals surface area contributed by atoms with Gasteiger partial charge in [0.05, 0.1) is 25.8 Å². The van der Waals surface area contributed by atoms with Crippen LogP contribution in [-0.4, -0.2) is 67.5 Å². The molecule has 15 heteroatoms. The van der Waals surface area contributed by atoms with Crippen LogP contribution in [0.15, 0.2) is 66.9 Å². The van der Waals surface area contributed by atoms with Crippen LogP contribution in [0.25, 0.3) is 10.9 Å². The molecule has 52 heavy (non-hydrogen) atoms. The molecule has 12 nitrogen and oxygen atoms in total. The number of amides is 2. The molecule has 278 valence electrons. The van der Waals surface area contributed by atoms with E-state index in [9.17, 15) is 18.5 Å². The number of carbonyl (C=O) groups excluding carboxylic acids is 2. The molecular weight excluding hydrogens is 697 g/mol. The molecule has 1 aromatic heterocycles. The van der Waals surface area contributed by atoms with E-state index in [2.05, 4.69) is 15.6 Å². The van der Waals surface area contributed by atoms with Gasteiger partial charge < -0.3 is 33.9 Å². The van der Waals surface area contributed by atoms with E-state index in [1.165, 1.54) is 49.7 Å². The van der Waals surface area contributed by atoms with E-state index < -0.39 is 36.5 Å². The first-order valence-electron chi connectivity index (χ1n) is 17.0. The summed E-state index contributed by atoms with van der Waals surface area (Å²) in [4.78, 5) is 32.4. The lowest BCUT2D eigenvalue weighted by atomic mass is 10.0. The van der Waals surface area contributed by atoms with Crippen LogP contribution in [0.3, 0.4) is 0 Å². The zero-order chi connectivity index (χ0) is 37.5. The highest BCUT2D eigenvalue weighted by Gasteiger charge is 2.56. The number of halogens is 2. The van der Waals surface area contributed by atoms with E-state index in [1.807, 2.05) is 18.7 Å². The summed E-state index contributed by atoms with van der Waals surface area (Å²) in [5.74, 6) is -1.30. The largest absolute Gasteiger partial charge is 0.493 e. The number of hydrogen-bond donors (Lipinski definition) is 2. The molecule has 5 rings (SSSR count). The van der Waals surface area contributed by atoms with Crippen molar-refractivity contribution in [2.24, 2.45) is 5.41 Å². The summed E-state index contributed by atoms with van der Waals surface area (Å²) in [6.45, 7) is 8.65. The summed E-state index contributed by atoms with van der Waals surface area (Å²) in [7, 11) is -1.81.